The van der Waals surface area contributed by atoms with E-state index in [4.69, 9.17) is 0 Å². The van der Waals surface area contributed by atoms with Gasteiger partial charge in [0, 0.05) is 0 Å². The van der Waals surface area contributed by atoms with E-state index < -0.39 is 12.6 Å². The van der Waals surface area contributed by atoms with Gasteiger partial charge >= 0.3 is 6.18 Å². The Morgan fingerprint density at radius 3 is 2.06 bits per heavy atom. The number of hydrogen-bond acceptors (Lipinski definition) is 0. The summed E-state index contributed by atoms with van der Waals surface area (Å²) in [4.78, 5) is 0. The molecule has 0 amide bonds. The minimum atomic E-state index is -4.14. The molecule has 0 spiro atoms. The predicted octanol–water partition coefficient (Wildman–Crippen LogP) is 4.40. The first-order valence-electron chi connectivity index (χ1n) is 5.26. The van der Waals surface area contributed by atoms with Crippen molar-refractivity contribution < 1.29 is 13.2 Å². The van der Waals surface area contributed by atoms with Crippen molar-refractivity contribution in [1.82, 2.24) is 0 Å². The summed E-state index contributed by atoms with van der Waals surface area (Å²) in [6.07, 6.45) is -4.98. The minimum absolute atomic E-state index is 0.117. The molecule has 0 saturated carbocycles. The van der Waals surface area contributed by atoms with Crippen LogP contribution in [-0.2, 0) is 11.8 Å². The molecule has 1 aromatic rings. The van der Waals surface area contributed by atoms with Gasteiger partial charge in [-0.1, -0.05) is 39.0 Å². The molecule has 0 aliphatic carbocycles. The van der Waals surface area contributed by atoms with E-state index in [0.717, 1.165) is 5.56 Å². The molecule has 0 radical (unpaired) electrons. The van der Waals surface area contributed by atoms with E-state index in [2.05, 4.69) is 0 Å². The summed E-state index contributed by atoms with van der Waals surface area (Å²) in [6, 6.07) is 5.33. The van der Waals surface area contributed by atoms with E-state index >= 15 is 0 Å². The molecule has 0 aromatic heterocycles. The monoisotopic (exact) mass is 230 g/mol. The molecule has 16 heavy (non-hydrogen) atoms. The Morgan fingerprint density at radius 1 is 1.06 bits per heavy atom. The minimum Gasteiger partial charge on any atom is -0.171 e. The Bertz CT molecular complexity index is 370. The van der Waals surface area contributed by atoms with Gasteiger partial charge in [-0.05, 0) is 29.0 Å². The Labute approximate surface area is 94.5 Å². The maximum absolute atomic E-state index is 12.3. The summed E-state index contributed by atoms with van der Waals surface area (Å²) in [5.41, 5.74) is 1.90. The maximum Gasteiger partial charge on any atom is 0.393 e. The maximum atomic E-state index is 12.3. The van der Waals surface area contributed by atoms with E-state index in [0.29, 0.717) is 11.1 Å². The van der Waals surface area contributed by atoms with Crippen molar-refractivity contribution in [1.29, 1.82) is 0 Å². The summed E-state index contributed by atoms with van der Waals surface area (Å²) in [7, 11) is 0. The van der Waals surface area contributed by atoms with Crippen LogP contribution in [0, 0.1) is 6.92 Å². The van der Waals surface area contributed by atoms with Crippen molar-refractivity contribution in [3.63, 3.8) is 0 Å². The number of aryl methyl sites for hydroxylation is 1. The van der Waals surface area contributed by atoms with E-state index in [1.807, 2.05) is 26.8 Å². The second-order valence-electron chi connectivity index (χ2n) is 5.18. The normalized spacial score (nSPS) is 12.9. The lowest BCUT2D eigenvalue weighted by Gasteiger charge is -2.21. The molecule has 0 atom stereocenters. The quantitative estimate of drug-likeness (QED) is 0.671. The fraction of sp³-hybridized carbons (Fsp3) is 0.538. The van der Waals surface area contributed by atoms with Gasteiger partial charge in [-0.3, -0.25) is 0 Å². The van der Waals surface area contributed by atoms with Gasteiger partial charge in [0.15, 0.2) is 0 Å². The molecule has 0 bridgehead atoms. The standard InChI is InChI=1S/C13H17F3/c1-9-5-6-11(12(2,3)4)7-10(9)8-13(14,15)16/h5-7H,8H2,1-4H3. The second kappa shape index (κ2) is 4.11. The highest BCUT2D eigenvalue weighted by molar-refractivity contribution is 5.35. The highest BCUT2D eigenvalue weighted by Gasteiger charge is 2.29. The van der Waals surface area contributed by atoms with Gasteiger partial charge in [0.1, 0.15) is 0 Å². The Kier molecular flexibility index (Phi) is 3.36. The van der Waals surface area contributed by atoms with Crippen LogP contribution in [0.1, 0.15) is 37.5 Å². The molecule has 0 aliphatic heterocycles. The smallest absolute Gasteiger partial charge is 0.171 e. The lowest BCUT2D eigenvalue weighted by atomic mass is 9.85. The summed E-state index contributed by atoms with van der Waals surface area (Å²) in [5, 5.41) is 0. The van der Waals surface area contributed by atoms with Crippen LogP contribution in [0.25, 0.3) is 0 Å². The van der Waals surface area contributed by atoms with Crippen molar-refractivity contribution in [3.8, 4) is 0 Å². The van der Waals surface area contributed by atoms with Gasteiger partial charge < -0.3 is 0 Å². The molecule has 3 heteroatoms. The Hall–Kier alpha value is -0.990. The first kappa shape index (κ1) is 13.1. The van der Waals surface area contributed by atoms with Crippen molar-refractivity contribution in [2.24, 2.45) is 0 Å². The van der Waals surface area contributed by atoms with Crippen molar-refractivity contribution >= 4 is 0 Å². The fourth-order valence-corrected chi connectivity index (χ4v) is 1.54. The summed E-state index contributed by atoms with van der Waals surface area (Å²) >= 11 is 0. The zero-order valence-electron chi connectivity index (χ0n) is 10.1. The molecule has 0 aliphatic rings. The highest BCUT2D eigenvalue weighted by Crippen LogP contribution is 2.28. The van der Waals surface area contributed by atoms with E-state index in [9.17, 15) is 13.2 Å². The average molecular weight is 230 g/mol. The Balaban J connectivity index is 3.10. The first-order chi connectivity index (χ1) is 7.09. The first-order valence-corrected chi connectivity index (χ1v) is 5.26. The SMILES string of the molecule is Cc1ccc(C(C)(C)C)cc1CC(F)(F)F. The van der Waals surface area contributed by atoms with Gasteiger partial charge in [-0.15, -0.1) is 0 Å². The fourth-order valence-electron chi connectivity index (χ4n) is 1.54. The van der Waals surface area contributed by atoms with Crippen LogP contribution < -0.4 is 0 Å². The lowest BCUT2D eigenvalue weighted by Crippen LogP contribution is -2.15. The topological polar surface area (TPSA) is 0 Å². The van der Waals surface area contributed by atoms with Crippen molar-refractivity contribution in [3.05, 3.63) is 34.9 Å². The zero-order valence-corrected chi connectivity index (χ0v) is 10.1. The van der Waals surface area contributed by atoms with Gasteiger partial charge in [-0.2, -0.15) is 13.2 Å². The molecule has 0 heterocycles. The zero-order chi connectivity index (χ0) is 12.6. The van der Waals surface area contributed by atoms with Crippen LogP contribution >= 0.6 is 0 Å². The molecule has 90 valence electrons. The van der Waals surface area contributed by atoms with Crippen molar-refractivity contribution in [2.75, 3.05) is 0 Å². The molecule has 1 aromatic carbocycles. The summed E-state index contributed by atoms with van der Waals surface area (Å²) < 4.78 is 37.0. The number of halogens is 3. The number of alkyl halides is 3. The predicted molar refractivity (Wildman–Crippen MR) is 59.6 cm³/mol. The molecule has 0 N–H and O–H groups in total. The molecule has 1 rings (SSSR count). The molecular weight excluding hydrogens is 213 g/mol. The van der Waals surface area contributed by atoms with E-state index in [1.165, 1.54) is 0 Å². The van der Waals surface area contributed by atoms with Gasteiger partial charge in [0.2, 0.25) is 0 Å². The van der Waals surface area contributed by atoms with E-state index in [1.54, 1.807) is 19.1 Å². The summed E-state index contributed by atoms with van der Waals surface area (Å²) in [6.45, 7) is 7.70. The van der Waals surface area contributed by atoms with Gasteiger partial charge in [0.05, 0.1) is 6.42 Å². The van der Waals surface area contributed by atoms with Crippen LogP contribution in [0.2, 0.25) is 0 Å². The third-order valence-electron chi connectivity index (χ3n) is 2.61. The highest BCUT2D eigenvalue weighted by atomic mass is 19.4. The molecule has 0 unspecified atom stereocenters. The van der Waals surface area contributed by atoms with Crippen LogP contribution in [0.5, 0.6) is 0 Å². The van der Waals surface area contributed by atoms with E-state index in [-0.39, 0.29) is 5.41 Å². The molecule has 0 nitrogen and oxygen atoms in total. The second-order valence-corrected chi connectivity index (χ2v) is 5.18. The lowest BCUT2D eigenvalue weighted by molar-refractivity contribution is -0.127. The van der Waals surface area contributed by atoms with Crippen LogP contribution in [0.3, 0.4) is 0 Å². The number of hydrogen-bond donors (Lipinski definition) is 0. The largest absolute Gasteiger partial charge is 0.393 e. The number of benzene rings is 1. The number of rotatable bonds is 1. The van der Waals surface area contributed by atoms with Gasteiger partial charge in [-0.25, -0.2) is 0 Å². The van der Waals surface area contributed by atoms with Crippen LogP contribution in [0.15, 0.2) is 18.2 Å². The van der Waals surface area contributed by atoms with Gasteiger partial charge in [0.25, 0.3) is 0 Å². The third kappa shape index (κ3) is 3.54. The average Bonchev–Trinajstić information content (AvgIpc) is 2.04. The Morgan fingerprint density at radius 2 is 1.62 bits per heavy atom. The molecular formula is C13H17F3. The molecule has 0 fully saturated rings. The van der Waals surface area contributed by atoms with Crippen LogP contribution in [0.4, 0.5) is 13.2 Å². The van der Waals surface area contributed by atoms with Crippen molar-refractivity contribution in [2.45, 2.75) is 45.7 Å². The van der Waals surface area contributed by atoms with Crippen LogP contribution in [-0.4, -0.2) is 6.18 Å². The summed E-state index contributed by atoms with van der Waals surface area (Å²) in [5.74, 6) is 0. The molecule has 0 saturated heterocycles. The third-order valence-corrected chi connectivity index (χ3v) is 2.61.